The SMILES string of the molecule is Cc1cc(C)n(-c2ccc(N3CCC(Oc4ccccc4Cl)C3)nn2)n1. The van der Waals surface area contributed by atoms with Gasteiger partial charge in [0.05, 0.1) is 17.3 Å². The molecular weight excluding hydrogens is 350 g/mol. The lowest BCUT2D eigenvalue weighted by atomic mass is 10.3. The van der Waals surface area contributed by atoms with Gasteiger partial charge in [-0.15, -0.1) is 10.2 Å². The minimum absolute atomic E-state index is 0.0902. The van der Waals surface area contributed by atoms with Crippen molar-refractivity contribution in [3.63, 3.8) is 0 Å². The fourth-order valence-corrected chi connectivity index (χ4v) is 3.39. The van der Waals surface area contributed by atoms with Gasteiger partial charge in [0.1, 0.15) is 11.9 Å². The van der Waals surface area contributed by atoms with E-state index >= 15 is 0 Å². The second kappa shape index (κ2) is 6.96. The van der Waals surface area contributed by atoms with E-state index in [1.807, 2.05) is 56.3 Å². The Kier molecular flexibility index (Phi) is 4.51. The Labute approximate surface area is 157 Å². The first-order valence-corrected chi connectivity index (χ1v) is 9.01. The van der Waals surface area contributed by atoms with Crippen LogP contribution in [0, 0.1) is 13.8 Å². The summed E-state index contributed by atoms with van der Waals surface area (Å²) in [5.41, 5.74) is 2.01. The second-order valence-corrected chi connectivity index (χ2v) is 6.90. The molecule has 0 spiro atoms. The summed E-state index contributed by atoms with van der Waals surface area (Å²) in [6.07, 6.45) is 1.01. The number of aryl methyl sites for hydroxylation is 2. The predicted molar refractivity (Wildman–Crippen MR) is 101 cm³/mol. The first kappa shape index (κ1) is 16.8. The molecule has 1 aliphatic heterocycles. The zero-order valence-electron chi connectivity index (χ0n) is 14.8. The van der Waals surface area contributed by atoms with Gasteiger partial charge in [-0.05, 0) is 44.2 Å². The molecule has 0 saturated carbocycles. The average molecular weight is 370 g/mol. The summed E-state index contributed by atoms with van der Waals surface area (Å²) >= 11 is 6.18. The normalized spacial score (nSPS) is 16.9. The molecule has 1 atom stereocenters. The van der Waals surface area contributed by atoms with Crippen molar-refractivity contribution in [1.82, 2.24) is 20.0 Å². The molecule has 1 unspecified atom stereocenters. The monoisotopic (exact) mass is 369 g/mol. The largest absolute Gasteiger partial charge is 0.487 e. The van der Waals surface area contributed by atoms with Crippen LogP contribution in [0.3, 0.4) is 0 Å². The highest BCUT2D eigenvalue weighted by molar-refractivity contribution is 6.32. The molecule has 1 saturated heterocycles. The fraction of sp³-hybridized carbons (Fsp3) is 0.316. The third-order valence-corrected chi connectivity index (χ3v) is 4.77. The van der Waals surface area contributed by atoms with Crippen LogP contribution in [0.4, 0.5) is 5.82 Å². The van der Waals surface area contributed by atoms with E-state index in [1.54, 1.807) is 4.68 Å². The number of rotatable bonds is 4. The molecule has 4 rings (SSSR count). The maximum atomic E-state index is 6.18. The Morgan fingerprint density at radius 2 is 1.85 bits per heavy atom. The Morgan fingerprint density at radius 3 is 2.54 bits per heavy atom. The second-order valence-electron chi connectivity index (χ2n) is 6.49. The van der Waals surface area contributed by atoms with Crippen molar-refractivity contribution in [3.8, 4) is 11.6 Å². The van der Waals surface area contributed by atoms with Gasteiger partial charge in [-0.25, -0.2) is 4.68 Å². The number of para-hydroxylation sites is 1. The molecule has 0 bridgehead atoms. The van der Waals surface area contributed by atoms with E-state index in [-0.39, 0.29) is 6.10 Å². The molecule has 1 aliphatic rings. The van der Waals surface area contributed by atoms with Gasteiger partial charge >= 0.3 is 0 Å². The van der Waals surface area contributed by atoms with E-state index in [9.17, 15) is 0 Å². The minimum atomic E-state index is 0.0902. The molecule has 2 aromatic heterocycles. The number of benzene rings is 1. The fourth-order valence-electron chi connectivity index (χ4n) is 3.21. The number of hydrogen-bond acceptors (Lipinski definition) is 5. The lowest BCUT2D eigenvalue weighted by Crippen LogP contribution is -2.25. The van der Waals surface area contributed by atoms with Gasteiger partial charge in [0.25, 0.3) is 0 Å². The highest BCUT2D eigenvalue weighted by Crippen LogP contribution is 2.27. The van der Waals surface area contributed by atoms with Crippen molar-refractivity contribution in [2.75, 3.05) is 18.0 Å². The average Bonchev–Trinajstić information content (AvgIpc) is 3.23. The molecule has 0 N–H and O–H groups in total. The van der Waals surface area contributed by atoms with Crippen LogP contribution in [-0.4, -0.2) is 39.2 Å². The Morgan fingerprint density at radius 1 is 1.08 bits per heavy atom. The van der Waals surface area contributed by atoms with Crippen LogP contribution in [0.2, 0.25) is 5.02 Å². The molecule has 3 heterocycles. The van der Waals surface area contributed by atoms with Crippen LogP contribution in [0.15, 0.2) is 42.5 Å². The highest BCUT2D eigenvalue weighted by Gasteiger charge is 2.26. The van der Waals surface area contributed by atoms with Crippen molar-refractivity contribution in [3.05, 3.63) is 58.9 Å². The molecule has 6 nitrogen and oxygen atoms in total. The number of hydrogen-bond donors (Lipinski definition) is 0. The van der Waals surface area contributed by atoms with Gasteiger partial charge < -0.3 is 9.64 Å². The van der Waals surface area contributed by atoms with E-state index in [2.05, 4.69) is 20.2 Å². The van der Waals surface area contributed by atoms with E-state index < -0.39 is 0 Å². The highest BCUT2D eigenvalue weighted by atomic mass is 35.5. The van der Waals surface area contributed by atoms with Crippen molar-refractivity contribution in [2.24, 2.45) is 0 Å². The lowest BCUT2D eigenvalue weighted by molar-refractivity contribution is 0.225. The molecule has 134 valence electrons. The molecule has 3 aromatic rings. The summed E-state index contributed by atoms with van der Waals surface area (Å²) in [6, 6.07) is 13.5. The zero-order valence-corrected chi connectivity index (χ0v) is 15.5. The number of ether oxygens (including phenoxy) is 1. The Balaban J connectivity index is 1.44. The van der Waals surface area contributed by atoms with Gasteiger partial charge in [-0.2, -0.15) is 5.10 Å². The minimum Gasteiger partial charge on any atom is -0.487 e. The van der Waals surface area contributed by atoms with Gasteiger partial charge in [0, 0.05) is 18.7 Å². The van der Waals surface area contributed by atoms with Crippen LogP contribution in [-0.2, 0) is 0 Å². The third-order valence-electron chi connectivity index (χ3n) is 4.46. The van der Waals surface area contributed by atoms with E-state index in [4.69, 9.17) is 16.3 Å². The quantitative estimate of drug-likeness (QED) is 0.703. The number of nitrogens with zero attached hydrogens (tertiary/aromatic N) is 5. The lowest BCUT2D eigenvalue weighted by Gasteiger charge is -2.18. The third kappa shape index (κ3) is 3.37. The van der Waals surface area contributed by atoms with Crippen LogP contribution in [0.25, 0.3) is 5.82 Å². The molecule has 7 heteroatoms. The standard InChI is InChI=1S/C19H20ClN5O/c1-13-11-14(2)25(23-13)19-8-7-18(21-22-19)24-10-9-15(12-24)26-17-6-4-3-5-16(17)20/h3-8,11,15H,9-10,12H2,1-2H3. The maximum absolute atomic E-state index is 6.18. The summed E-state index contributed by atoms with van der Waals surface area (Å²) in [4.78, 5) is 2.18. The van der Waals surface area contributed by atoms with Gasteiger partial charge in [-0.1, -0.05) is 23.7 Å². The Hall–Kier alpha value is -2.60. The first-order valence-electron chi connectivity index (χ1n) is 8.63. The van der Waals surface area contributed by atoms with Gasteiger partial charge in [0.15, 0.2) is 11.6 Å². The smallest absolute Gasteiger partial charge is 0.176 e. The topological polar surface area (TPSA) is 56.1 Å². The molecule has 0 amide bonds. The van der Waals surface area contributed by atoms with Crippen LogP contribution < -0.4 is 9.64 Å². The van der Waals surface area contributed by atoms with E-state index in [0.29, 0.717) is 5.02 Å². The van der Waals surface area contributed by atoms with Crippen molar-refractivity contribution in [2.45, 2.75) is 26.4 Å². The summed E-state index contributed by atoms with van der Waals surface area (Å²) in [6.45, 7) is 5.61. The molecule has 0 aliphatic carbocycles. The van der Waals surface area contributed by atoms with Crippen molar-refractivity contribution in [1.29, 1.82) is 0 Å². The van der Waals surface area contributed by atoms with Crippen LogP contribution in [0.1, 0.15) is 17.8 Å². The summed E-state index contributed by atoms with van der Waals surface area (Å²) < 4.78 is 7.84. The van der Waals surface area contributed by atoms with Crippen LogP contribution in [0.5, 0.6) is 5.75 Å². The number of anilines is 1. The predicted octanol–water partition coefficient (Wildman–Crippen LogP) is 3.59. The van der Waals surface area contributed by atoms with Crippen molar-refractivity contribution < 1.29 is 4.74 Å². The summed E-state index contributed by atoms with van der Waals surface area (Å²) in [7, 11) is 0. The number of halogens is 1. The maximum Gasteiger partial charge on any atom is 0.176 e. The molecule has 1 aromatic carbocycles. The first-order chi connectivity index (χ1) is 12.6. The van der Waals surface area contributed by atoms with E-state index in [1.165, 1.54) is 0 Å². The van der Waals surface area contributed by atoms with E-state index in [0.717, 1.165) is 48.3 Å². The molecule has 26 heavy (non-hydrogen) atoms. The Bertz CT molecular complexity index is 909. The van der Waals surface area contributed by atoms with Crippen molar-refractivity contribution >= 4 is 17.4 Å². The number of aromatic nitrogens is 4. The van der Waals surface area contributed by atoms with Gasteiger partial charge in [-0.3, -0.25) is 0 Å². The molecular formula is C19H20ClN5O. The summed E-state index contributed by atoms with van der Waals surface area (Å²) in [5.74, 6) is 2.30. The molecule has 1 fully saturated rings. The van der Waals surface area contributed by atoms with Gasteiger partial charge in [0.2, 0.25) is 0 Å². The van der Waals surface area contributed by atoms with Crippen LogP contribution >= 0.6 is 11.6 Å². The zero-order chi connectivity index (χ0) is 18.1. The molecule has 0 radical (unpaired) electrons. The summed E-state index contributed by atoms with van der Waals surface area (Å²) in [5, 5.41) is 13.8.